The lowest BCUT2D eigenvalue weighted by Crippen LogP contribution is -2.41. The van der Waals surface area contributed by atoms with Crippen molar-refractivity contribution in [2.24, 2.45) is 0 Å². The third-order valence-corrected chi connectivity index (χ3v) is 5.35. The van der Waals surface area contributed by atoms with Gasteiger partial charge in [0.25, 0.3) is 0 Å². The molecule has 0 spiro atoms. The van der Waals surface area contributed by atoms with Gasteiger partial charge in [0.2, 0.25) is 0 Å². The highest BCUT2D eigenvalue weighted by molar-refractivity contribution is 7.91. The van der Waals surface area contributed by atoms with Crippen molar-refractivity contribution < 1.29 is 21.9 Å². The summed E-state index contributed by atoms with van der Waals surface area (Å²) in [6, 6.07) is 6.22. The molecule has 118 valence electrons. The summed E-state index contributed by atoms with van der Waals surface area (Å²) >= 11 is 0. The maximum absolute atomic E-state index is 12.2. The Bertz CT molecular complexity index is 577. The zero-order valence-corrected chi connectivity index (χ0v) is 12.6. The molecule has 21 heavy (non-hydrogen) atoms. The fourth-order valence-corrected chi connectivity index (χ4v) is 4.21. The molecule has 1 N–H and O–H groups in total. The van der Waals surface area contributed by atoms with Crippen molar-refractivity contribution in [1.82, 2.24) is 5.32 Å². The van der Waals surface area contributed by atoms with E-state index in [0.717, 1.165) is 12.0 Å². The van der Waals surface area contributed by atoms with Crippen LogP contribution in [0.2, 0.25) is 0 Å². The Morgan fingerprint density at radius 3 is 2.81 bits per heavy atom. The van der Waals surface area contributed by atoms with Gasteiger partial charge in [0.15, 0.2) is 9.84 Å². The quantitative estimate of drug-likeness (QED) is 0.906. The number of benzene rings is 1. The predicted molar refractivity (Wildman–Crippen MR) is 76.3 cm³/mol. The number of ether oxygens (including phenoxy) is 1. The maximum Gasteiger partial charge on any atom is 0.387 e. The number of rotatable bonds is 5. The number of alkyl halides is 2. The monoisotopic (exact) mass is 319 g/mol. The second-order valence-electron chi connectivity index (χ2n) is 5.29. The van der Waals surface area contributed by atoms with Crippen LogP contribution in [0, 0.1) is 0 Å². The van der Waals surface area contributed by atoms with Crippen molar-refractivity contribution in [2.45, 2.75) is 38.5 Å². The first-order valence-corrected chi connectivity index (χ1v) is 8.69. The summed E-state index contributed by atoms with van der Waals surface area (Å²) in [6.07, 6.45) is 1.46. The maximum atomic E-state index is 12.2. The first-order valence-electron chi connectivity index (χ1n) is 6.87. The molecule has 0 aromatic heterocycles. The highest BCUT2D eigenvalue weighted by Crippen LogP contribution is 2.22. The Balaban J connectivity index is 2.01. The van der Waals surface area contributed by atoms with Crippen molar-refractivity contribution in [3.05, 3.63) is 29.8 Å². The lowest BCUT2D eigenvalue weighted by atomic mass is 10.1. The van der Waals surface area contributed by atoms with Gasteiger partial charge in [-0.1, -0.05) is 12.1 Å². The van der Waals surface area contributed by atoms with E-state index in [0.29, 0.717) is 6.42 Å². The minimum absolute atomic E-state index is 0.0987. The Kier molecular flexibility index (Phi) is 5.16. The molecule has 2 atom stereocenters. The summed E-state index contributed by atoms with van der Waals surface area (Å²) in [4.78, 5) is 0. The lowest BCUT2D eigenvalue weighted by molar-refractivity contribution is -0.0499. The molecular formula is C14H19F2NO3S. The van der Waals surface area contributed by atoms with Crippen molar-refractivity contribution in [2.75, 3.05) is 11.5 Å². The molecule has 1 fully saturated rings. The molecule has 0 saturated carbocycles. The smallest absolute Gasteiger partial charge is 0.387 e. The van der Waals surface area contributed by atoms with Gasteiger partial charge in [-0.25, -0.2) is 8.42 Å². The van der Waals surface area contributed by atoms with Crippen LogP contribution in [-0.4, -0.2) is 32.6 Å². The second-order valence-corrected chi connectivity index (χ2v) is 7.52. The Morgan fingerprint density at radius 1 is 1.38 bits per heavy atom. The average molecular weight is 319 g/mol. The molecule has 0 amide bonds. The van der Waals surface area contributed by atoms with Gasteiger partial charge in [0.05, 0.1) is 11.5 Å². The van der Waals surface area contributed by atoms with Gasteiger partial charge in [-0.3, -0.25) is 0 Å². The molecule has 1 aromatic carbocycles. The van der Waals surface area contributed by atoms with Crippen LogP contribution in [0.4, 0.5) is 8.78 Å². The van der Waals surface area contributed by atoms with E-state index in [2.05, 4.69) is 10.1 Å². The van der Waals surface area contributed by atoms with E-state index in [1.54, 1.807) is 18.2 Å². The van der Waals surface area contributed by atoms with Crippen LogP contribution in [-0.2, 0) is 9.84 Å². The molecule has 1 aromatic rings. The van der Waals surface area contributed by atoms with E-state index in [9.17, 15) is 17.2 Å². The topological polar surface area (TPSA) is 55.4 Å². The molecule has 1 saturated heterocycles. The Hall–Kier alpha value is -1.21. The highest BCUT2D eigenvalue weighted by Gasteiger charge is 2.25. The van der Waals surface area contributed by atoms with Gasteiger partial charge in [-0.15, -0.1) is 0 Å². The van der Waals surface area contributed by atoms with Crippen molar-refractivity contribution >= 4 is 9.84 Å². The molecule has 1 heterocycles. The number of halogens is 2. The second kappa shape index (κ2) is 6.70. The zero-order chi connectivity index (χ0) is 15.5. The zero-order valence-electron chi connectivity index (χ0n) is 11.8. The van der Waals surface area contributed by atoms with Crippen LogP contribution in [0.1, 0.15) is 31.4 Å². The predicted octanol–water partition coefficient (Wildman–Crippen LogP) is 2.52. The van der Waals surface area contributed by atoms with Crippen LogP contribution in [0.15, 0.2) is 24.3 Å². The molecule has 2 unspecified atom stereocenters. The summed E-state index contributed by atoms with van der Waals surface area (Å²) < 4.78 is 52.0. The van der Waals surface area contributed by atoms with Crippen molar-refractivity contribution in [1.29, 1.82) is 0 Å². The molecule has 0 bridgehead atoms. The first-order chi connectivity index (χ1) is 9.85. The van der Waals surface area contributed by atoms with Crippen LogP contribution in [0.3, 0.4) is 0 Å². The summed E-state index contributed by atoms with van der Waals surface area (Å²) in [6.45, 7) is -0.977. The Labute approximate surface area is 123 Å². The average Bonchev–Trinajstić information content (AvgIpc) is 2.37. The van der Waals surface area contributed by atoms with E-state index in [4.69, 9.17) is 0 Å². The summed E-state index contributed by atoms with van der Waals surface area (Å²) in [5, 5.41) is 3.25. The van der Waals surface area contributed by atoms with Crippen LogP contribution >= 0.6 is 0 Å². The SMILES string of the molecule is CC(NC1CCCS(=O)(=O)C1)c1cccc(OC(F)F)c1. The van der Waals surface area contributed by atoms with E-state index in [-0.39, 0.29) is 29.3 Å². The van der Waals surface area contributed by atoms with E-state index in [1.165, 1.54) is 6.07 Å². The molecule has 1 aliphatic rings. The van der Waals surface area contributed by atoms with Crippen LogP contribution < -0.4 is 10.1 Å². The summed E-state index contributed by atoms with van der Waals surface area (Å²) in [5.41, 5.74) is 0.788. The van der Waals surface area contributed by atoms with E-state index < -0.39 is 16.4 Å². The Morgan fingerprint density at radius 2 is 2.14 bits per heavy atom. The lowest BCUT2D eigenvalue weighted by Gasteiger charge is -2.27. The minimum atomic E-state index is -2.97. The highest BCUT2D eigenvalue weighted by atomic mass is 32.2. The minimum Gasteiger partial charge on any atom is -0.435 e. The number of hydrogen-bond acceptors (Lipinski definition) is 4. The third-order valence-electron chi connectivity index (χ3n) is 3.53. The molecule has 2 rings (SSSR count). The fourth-order valence-electron chi connectivity index (χ4n) is 2.56. The van der Waals surface area contributed by atoms with Gasteiger partial charge in [-0.2, -0.15) is 8.78 Å². The van der Waals surface area contributed by atoms with E-state index >= 15 is 0 Å². The van der Waals surface area contributed by atoms with Gasteiger partial charge >= 0.3 is 6.61 Å². The van der Waals surface area contributed by atoms with Gasteiger partial charge in [0.1, 0.15) is 5.75 Å². The molecule has 1 aliphatic heterocycles. The van der Waals surface area contributed by atoms with Crippen molar-refractivity contribution in [3.8, 4) is 5.75 Å². The number of hydrogen-bond donors (Lipinski definition) is 1. The molecular weight excluding hydrogens is 300 g/mol. The largest absolute Gasteiger partial charge is 0.435 e. The van der Waals surface area contributed by atoms with E-state index in [1.807, 2.05) is 6.92 Å². The number of sulfone groups is 1. The third kappa shape index (κ3) is 4.93. The standard InChI is InChI=1S/C14H19F2NO3S/c1-10(17-12-5-3-7-21(18,19)9-12)11-4-2-6-13(8-11)20-14(15)16/h2,4,6,8,10,12,14,17H,3,5,7,9H2,1H3. The van der Waals surface area contributed by atoms with Crippen molar-refractivity contribution in [3.63, 3.8) is 0 Å². The normalized spacial score (nSPS) is 23.0. The van der Waals surface area contributed by atoms with Gasteiger partial charge in [-0.05, 0) is 37.5 Å². The molecule has 7 heteroatoms. The first kappa shape index (κ1) is 16.2. The molecule has 0 aliphatic carbocycles. The molecule has 4 nitrogen and oxygen atoms in total. The summed E-state index contributed by atoms with van der Waals surface area (Å²) in [7, 11) is -2.97. The summed E-state index contributed by atoms with van der Waals surface area (Å²) in [5.74, 6) is 0.481. The van der Waals surface area contributed by atoms with Crippen LogP contribution in [0.25, 0.3) is 0 Å². The van der Waals surface area contributed by atoms with Gasteiger partial charge < -0.3 is 10.1 Å². The van der Waals surface area contributed by atoms with Gasteiger partial charge in [0, 0.05) is 12.1 Å². The fraction of sp³-hybridized carbons (Fsp3) is 0.571. The number of nitrogens with one attached hydrogen (secondary N) is 1. The van der Waals surface area contributed by atoms with Crippen LogP contribution in [0.5, 0.6) is 5.75 Å². The molecule has 0 radical (unpaired) electrons.